The average molecular weight is 373 g/mol. The molecule has 1 fully saturated rings. The lowest BCUT2D eigenvalue weighted by Crippen LogP contribution is -2.52. The first-order chi connectivity index (χ1) is 13.1. The SMILES string of the molecule is COc1ccnc(N2CCN(C(=O)C3CCc4nn(C)c(=O)n4C3)CC2)n1. The Hall–Kier alpha value is -2.91. The van der Waals surface area contributed by atoms with Crippen LogP contribution >= 0.6 is 0 Å². The number of ether oxygens (including phenoxy) is 1. The maximum atomic E-state index is 12.9. The first kappa shape index (κ1) is 17.5. The van der Waals surface area contributed by atoms with E-state index in [9.17, 15) is 9.59 Å². The van der Waals surface area contributed by atoms with Gasteiger partial charge in [-0.1, -0.05) is 0 Å². The molecule has 2 aliphatic heterocycles. The standard InChI is InChI=1S/C17H23N7O3/c1-21-17(26)24-11-12(3-4-13(24)20-21)15(25)22-7-9-23(10-8-22)16-18-6-5-14(19-16)27-2/h5-6,12H,3-4,7-11H2,1-2H3. The summed E-state index contributed by atoms with van der Waals surface area (Å²) in [6, 6.07) is 1.71. The van der Waals surface area contributed by atoms with Crippen molar-refractivity contribution in [1.29, 1.82) is 0 Å². The van der Waals surface area contributed by atoms with Crippen LogP contribution in [0.15, 0.2) is 17.1 Å². The lowest BCUT2D eigenvalue weighted by atomic mass is 9.97. The number of amides is 1. The molecule has 10 nitrogen and oxygen atoms in total. The smallest absolute Gasteiger partial charge is 0.345 e. The highest BCUT2D eigenvalue weighted by Gasteiger charge is 2.32. The Morgan fingerprint density at radius 3 is 2.78 bits per heavy atom. The van der Waals surface area contributed by atoms with Crippen LogP contribution in [-0.2, 0) is 24.8 Å². The van der Waals surface area contributed by atoms with Gasteiger partial charge in [-0.05, 0) is 6.42 Å². The summed E-state index contributed by atoms with van der Waals surface area (Å²) in [6.45, 7) is 2.99. The highest BCUT2D eigenvalue weighted by molar-refractivity contribution is 5.79. The summed E-state index contributed by atoms with van der Waals surface area (Å²) in [4.78, 5) is 37.6. The molecule has 1 unspecified atom stereocenters. The topological polar surface area (TPSA) is 98.4 Å². The van der Waals surface area contributed by atoms with E-state index in [0.717, 1.165) is 12.2 Å². The number of piperazine rings is 1. The molecule has 1 amide bonds. The zero-order valence-electron chi connectivity index (χ0n) is 15.5. The van der Waals surface area contributed by atoms with Crippen LogP contribution in [0.1, 0.15) is 12.2 Å². The van der Waals surface area contributed by atoms with Gasteiger partial charge in [-0.3, -0.25) is 9.36 Å². The molecular formula is C17H23N7O3. The molecule has 1 atom stereocenters. The monoisotopic (exact) mass is 373 g/mol. The molecule has 2 aromatic heterocycles. The second-order valence-electron chi connectivity index (χ2n) is 6.88. The number of hydrogen-bond donors (Lipinski definition) is 0. The van der Waals surface area contributed by atoms with Crippen LogP contribution < -0.4 is 15.3 Å². The molecular weight excluding hydrogens is 350 g/mol. The quantitative estimate of drug-likeness (QED) is 0.701. The summed E-state index contributed by atoms with van der Waals surface area (Å²) in [6.07, 6.45) is 3.06. The number of rotatable bonds is 3. The minimum atomic E-state index is -0.168. The normalized spacial score (nSPS) is 19.7. The molecule has 0 aromatic carbocycles. The highest BCUT2D eigenvalue weighted by Crippen LogP contribution is 2.21. The molecule has 0 bridgehead atoms. The molecule has 0 radical (unpaired) electrons. The van der Waals surface area contributed by atoms with Crippen LogP contribution in [0.25, 0.3) is 0 Å². The number of fused-ring (bicyclic) bond motifs is 1. The molecule has 4 heterocycles. The summed E-state index contributed by atoms with van der Waals surface area (Å²) < 4.78 is 8.12. The Morgan fingerprint density at radius 1 is 1.26 bits per heavy atom. The number of nitrogens with zero attached hydrogens (tertiary/aromatic N) is 7. The van der Waals surface area contributed by atoms with Crippen LogP contribution in [0.5, 0.6) is 5.88 Å². The van der Waals surface area contributed by atoms with E-state index in [0.29, 0.717) is 51.0 Å². The van der Waals surface area contributed by atoms with Gasteiger partial charge in [0.15, 0.2) is 0 Å². The third-order valence-corrected chi connectivity index (χ3v) is 5.25. The fourth-order valence-electron chi connectivity index (χ4n) is 3.72. The van der Waals surface area contributed by atoms with Crippen molar-refractivity contribution in [3.05, 3.63) is 28.6 Å². The van der Waals surface area contributed by atoms with E-state index >= 15 is 0 Å². The number of anilines is 1. The summed E-state index contributed by atoms with van der Waals surface area (Å²) >= 11 is 0. The fraction of sp³-hybridized carbons (Fsp3) is 0.588. The molecule has 0 spiro atoms. The fourth-order valence-corrected chi connectivity index (χ4v) is 3.72. The predicted molar refractivity (Wildman–Crippen MR) is 96.7 cm³/mol. The van der Waals surface area contributed by atoms with Gasteiger partial charge >= 0.3 is 5.69 Å². The lowest BCUT2D eigenvalue weighted by molar-refractivity contribution is -0.136. The van der Waals surface area contributed by atoms with Gasteiger partial charge < -0.3 is 14.5 Å². The Labute approximate surface area is 156 Å². The second-order valence-corrected chi connectivity index (χ2v) is 6.88. The van der Waals surface area contributed by atoms with E-state index in [1.807, 2.05) is 4.90 Å². The van der Waals surface area contributed by atoms with Crippen LogP contribution in [-0.4, -0.2) is 68.4 Å². The van der Waals surface area contributed by atoms with E-state index in [2.05, 4.69) is 20.0 Å². The molecule has 27 heavy (non-hydrogen) atoms. The van der Waals surface area contributed by atoms with Crippen molar-refractivity contribution < 1.29 is 9.53 Å². The van der Waals surface area contributed by atoms with Crippen LogP contribution in [0.3, 0.4) is 0 Å². The third-order valence-electron chi connectivity index (χ3n) is 5.25. The van der Waals surface area contributed by atoms with Crippen molar-refractivity contribution in [2.45, 2.75) is 19.4 Å². The van der Waals surface area contributed by atoms with Crippen molar-refractivity contribution in [3.63, 3.8) is 0 Å². The number of aromatic nitrogens is 5. The molecule has 2 aromatic rings. The second kappa shape index (κ2) is 7.01. The molecule has 0 saturated carbocycles. The Balaban J connectivity index is 1.39. The maximum Gasteiger partial charge on any atom is 0.345 e. The summed E-state index contributed by atoms with van der Waals surface area (Å²) in [5.74, 6) is 1.86. The molecule has 144 valence electrons. The minimum Gasteiger partial charge on any atom is -0.481 e. The van der Waals surface area contributed by atoms with Crippen molar-refractivity contribution >= 4 is 11.9 Å². The molecule has 1 saturated heterocycles. The summed E-state index contributed by atoms with van der Waals surface area (Å²) in [5.41, 5.74) is -0.150. The predicted octanol–water partition coefficient (Wildman–Crippen LogP) is -0.708. The van der Waals surface area contributed by atoms with Gasteiger partial charge in [0.1, 0.15) is 5.82 Å². The van der Waals surface area contributed by atoms with Gasteiger partial charge in [0, 0.05) is 58.5 Å². The van der Waals surface area contributed by atoms with Gasteiger partial charge in [-0.2, -0.15) is 10.1 Å². The Morgan fingerprint density at radius 2 is 2.04 bits per heavy atom. The summed E-state index contributed by atoms with van der Waals surface area (Å²) in [7, 11) is 3.22. The molecule has 10 heteroatoms. The largest absolute Gasteiger partial charge is 0.481 e. The van der Waals surface area contributed by atoms with Crippen LogP contribution in [0.4, 0.5) is 5.95 Å². The van der Waals surface area contributed by atoms with Gasteiger partial charge in [-0.15, -0.1) is 0 Å². The van der Waals surface area contributed by atoms with Gasteiger partial charge in [0.25, 0.3) is 0 Å². The van der Waals surface area contributed by atoms with E-state index in [4.69, 9.17) is 4.74 Å². The van der Waals surface area contributed by atoms with Crippen molar-refractivity contribution in [1.82, 2.24) is 29.2 Å². The van der Waals surface area contributed by atoms with E-state index in [1.54, 1.807) is 31.0 Å². The summed E-state index contributed by atoms with van der Waals surface area (Å²) in [5, 5.41) is 4.23. The molecule has 0 aliphatic carbocycles. The van der Waals surface area contributed by atoms with Crippen LogP contribution in [0, 0.1) is 5.92 Å². The number of hydrogen-bond acceptors (Lipinski definition) is 7. The number of methoxy groups -OCH3 is 1. The lowest BCUT2D eigenvalue weighted by Gasteiger charge is -2.37. The Bertz CT molecular complexity index is 898. The number of carbonyl (C=O) groups excluding carboxylic acids is 1. The van der Waals surface area contributed by atoms with Gasteiger partial charge in [0.2, 0.25) is 17.7 Å². The molecule has 0 N–H and O–H groups in total. The van der Waals surface area contributed by atoms with Crippen molar-refractivity contribution in [2.75, 3.05) is 38.2 Å². The van der Waals surface area contributed by atoms with E-state index < -0.39 is 0 Å². The zero-order valence-corrected chi connectivity index (χ0v) is 15.5. The molecule has 4 rings (SSSR count). The van der Waals surface area contributed by atoms with E-state index in [1.165, 1.54) is 4.68 Å². The number of carbonyl (C=O) groups is 1. The molecule has 2 aliphatic rings. The number of aryl methyl sites for hydroxylation is 2. The Kier molecular flexibility index (Phi) is 4.54. The average Bonchev–Trinajstić information content (AvgIpc) is 3.01. The van der Waals surface area contributed by atoms with Gasteiger partial charge in [-0.25, -0.2) is 14.5 Å². The first-order valence-corrected chi connectivity index (χ1v) is 9.10. The highest BCUT2D eigenvalue weighted by atomic mass is 16.5. The van der Waals surface area contributed by atoms with Crippen LogP contribution in [0.2, 0.25) is 0 Å². The minimum absolute atomic E-state index is 0.114. The maximum absolute atomic E-state index is 12.9. The van der Waals surface area contributed by atoms with Crippen molar-refractivity contribution in [3.8, 4) is 5.88 Å². The first-order valence-electron chi connectivity index (χ1n) is 9.10. The van der Waals surface area contributed by atoms with Gasteiger partial charge in [0.05, 0.1) is 13.0 Å². The zero-order chi connectivity index (χ0) is 19.0. The third kappa shape index (κ3) is 3.26. The van der Waals surface area contributed by atoms with E-state index in [-0.39, 0.29) is 17.5 Å². The van der Waals surface area contributed by atoms with Crippen molar-refractivity contribution in [2.24, 2.45) is 13.0 Å².